The summed E-state index contributed by atoms with van der Waals surface area (Å²) in [5, 5.41) is 0. The fraction of sp³-hybridized carbons (Fsp3) is 0.643. The van der Waals surface area contributed by atoms with Crippen LogP contribution in [0.1, 0.15) is 52.2 Å². The van der Waals surface area contributed by atoms with Crippen LogP contribution in [0.25, 0.3) is 0 Å². The minimum Gasteiger partial charge on any atom is -0.427 e. The summed E-state index contributed by atoms with van der Waals surface area (Å²) in [6, 6.07) is 3.59. The fourth-order valence-corrected chi connectivity index (χ4v) is 2.07. The van der Waals surface area contributed by atoms with Crippen molar-refractivity contribution in [2.45, 2.75) is 46.5 Å². The fourth-order valence-electron chi connectivity index (χ4n) is 2.07. The Kier molecular flexibility index (Phi) is 5.26. The van der Waals surface area contributed by atoms with Gasteiger partial charge in [0.1, 0.15) is 5.76 Å². The highest BCUT2D eigenvalue weighted by Crippen LogP contribution is 2.23. The Morgan fingerprint density at radius 3 is 2.41 bits per heavy atom. The molecular weight excluding hydrogens is 214 g/mol. The first-order chi connectivity index (χ1) is 8.12. The quantitative estimate of drug-likeness (QED) is 0.760. The van der Waals surface area contributed by atoms with Crippen molar-refractivity contribution in [3.63, 3.8) is 0 Å². The third-order valence-corrected chi connectivity index (χ3v) is 3.11. The molecule has 0 unspecified atom stereocenters. The summed E-state index contributed by atoms with van der Waals surface area (Å²) in [5.74, 6) is 1.12. The van der Waals surface area contributed by atoms with E-state index in [0.717, 1.165) is 37.4 Å². The molecule has 0 spiro atoms. The Morgan fingerprint density at radius 1 is 1.24 bits per heavy atom. The van der Waals surface area contributed by atoms with Crippen LogP contribution in [0.5, 0.6) is 0 Å². The maximum Gasteiger partial charge on any atom is 0.337 e. The smallest absolute Gasteiger partial charge is 0.337 e. The van der Waals surface area contributed by atoms with E-state index < -0.39 is 0 Å². The van der Waals surface area contributed by atoms with E-state index in [-0.39, 0.29) is 5.63 Å². The molecule has 0 saturated carbocycles. The maximum absolute atomic E-state index is 11.6. The van der Waals surface area contributed by atoms with Crippen LogP contribution in [0, 0.1) is 0 Å². The monoisotopic (exact) mass is 237 g/mol. The predicted octanol–water partition coefficient (Wildman–Crippen LogP) is 3.39. The molecule has 1 heterocycles. The van der Waals surface area contributed by atoms with Crippen LogP contribution in [0.2, 0.25) is 0 Å². The van der Waals surface area contributed by atoms with Crippen molar-refractivity contribution in [3.05, 3.63) is 28.3 Å². The first-order valence-electron chi connectivity index (χ1n) is 6.52. The Balaban J connectivity index is 3.05. The minimum atomic E-state index is -0.243. The molecule has 0 saturated heterocycles. The summed E-state index contributed by atoms with van der Waals surface area (Å²) in [6.45, 7) is 10.2. The number of rotatable bonds is 6. The zero-order chi connectivity index (χ0) is 12.8. The second kappa shape index (κ2) is 6.48. The molecule has 1 aromatic rings. The van der Waals surface area contributed by atoms with Crippen LogP contribution in [0.3, 0.4) is 0 Å². The zero-order valence-corrected chi connectivity index (χ0v) is 11.3. The van der Waals surface area contributed by atoms with E-state index >= 15 is 0 Å². The van der Waals surface area contributed by atoms with Crippen LogP contribution >= 0.6 is 0 Å². The van der Waals surface area contributed by atoms with Gasteiger partial charge in [0.05, 0.1) is 0 Å². The molecule has 0 aliphatic carbocycles. The molecule has 3 nitrogen and oxygen atoms in total. The summed E-state index contributed by atoms with van der Waals surface area (Å²) < 4.78 is 5.29. The Hall–Kier alpha value is -1.25. The maximum atomic E-state index is 11.6. The first-order valence-corrected chi connectivity index (χ1v) is 6.52. The molecule has 0 aliphatic heterocycles. The number of hydrogen-bond donors (Lipinski definition) is 0. The van der Waals surface area contributed by atoms with E-state index in [1.54, 1.807) is 6.07 Å². The van der Waals surface area contributed by atoms with Gasteiger partial charge in [0.15, 0.2) is 0 Å². The molecule has 1 rings (SSSR count). The van der Waals surface area contributed by atoms with Crippen molar-refractivity contribution >= 4 is 5.69 Å². The van der Waals surface area contributed by atoms with E-state index in [2.05, 4.69) is 32.6 Å². The molecular formula is C14H23NO2. The standard InChI is InChI=1S/C14H23NO2/c1-5-8-11(4)13-9-12(10-14(16)17-13)15(6-2)7-3/h9-11H,5-8H2,1-4H3/t11-/m1/s1. The van der Waals surface area contributed by atoms with E-state index in [9.17, 15) is 4.79 Å². The van der Waals surface area contributed by atoms with Gasteiger partial charge in [-0.05, 0) is 20.3 Å². The van der Waals surface area contributed by atoms with E-state index in [1.807, 2.05) is 6.07 Å². The summed E-state index contributed by atoms with van der Waals surface area (Å²) in [5.41, 5.74) is 0.733. The summed E-state index contributed by atoms with van der Waals surface area (Å²) in [7, 11) is 0. The molecule has 96 valence electrons. The lowest BCUT2D eigenvalue weighted by molar-refractivity contribution is 0.420. The Bertz CT molecular complexity index is 393. The molecule has 0 radical (unpaired) electrons. The summed E-state index contributed by atoms with van der Waals surface area (Å²) >= 11 is 0. The molecule has 0 N–H and O–H groups in total. The zero-order valence-electron chi connectivity index (χ0n) is 11.3. The molecule has 0 bridgehead atoms. The molecule has 1 atom stereocenters. The molecule has 0 aliphatic rings. The summed E-state index contributed by atoms with van der Waals surface area (Å²) in [4.78, 5) is 13.7. The van der Waals surface area contributed by atoms with Crippen molar-refractivity contribution in [1.82, 2.24) is 0 Å². The highest BCUT2D eigenvalue weighted by molar-refractivity contribution is 5.45. The lowest BCUT2D eigenvalue weighted by Gasteiger charge is -2.21. The van der Waals surface area contributed by atoms with Gasteiger partial charge in [0.2, 0.25) is 0 Å². The van der Waals surface area contributed by atoms with Crippen LogP contribution in [0.4, 0.5) is 5.69 Å². The van der Waals surface area contributed by atoms with E-state index in [1.165, 1.54) is 0 Å². The van der Waals surface area contributed by atoms with Crippen LogP contribution < -0.4 is 10.5 Å². The Morgan fingerprint density at radius 2 is 1.88 bits per heavy atom. The van der Waals surface area contributed by atoms with Gasteiger partial charge in [-0.1, -0.05) is 20.3 Å². The average molecular weight is 237 g/mol. The third-order valence-electron chi connectivity index (χ3n) is 3.11. The number of nitrogens with zero attached hydrogens (tertiary/aromatic N) is 1. The second-order valence-corrected chi connectivity index (χ2v) is 4.40. The molecule has 3 heteroatoms. The molecule has 17 heavy (non-hydrogen) atoms. The van der Waals surface area contributed by atoms with Gasteiger partial charge in [-0.3, -0.25) is 0 Å². The van der Waals surface area contributed by atoms with E-state index in [4.69, 9.17) is 4.42 Å². The number of anilines is 1. The van der Waals surface area contributed by atoms with Gasteiger partial charge in [0.25, 0.3) is 0 Å². The molecule has 0 aromatic carbocycles. The van der Waals surface area contributed by atoms with E-state index in [0.29, 0.717) is 5.92 Å². The van der Waals surface area contributed by atoms with Crippen molar-refractivity contribution in [2.24, 2.45) is 0 Å². The van der Waals surface area contributed by atoms with Crippen LogP contribution in [-0.4, -0.2) is 13.1 Å². The molecule has 1 aromatic heterocycles. The van der Waals surface area contributed by atoms with Gasteiger partial charge < -0.3 is 9.32 Å². The Labute approximate surface area is 103 Å². The minimum absolute atomic E-state index is 0.243. The predicted molar refractivity (Wildman–Crippen MR) is 71.9 cm³/mol. The average Bonchev–Trinajstić information content (AvgIpc) is 2.30. The lowest BCUT2D eigenvalue weighted by atomic mass is 10.0. The van der Waals surface area contributed by atoms with Gasteiger partial charge >= 0.3 is 5.63 Å². The van der Waals surface area contributed by atoms with Gasteiger partial charge in [-0.15, -0.1) is 0 Å². The topological polar surface area (TPSA) is 33.5 Å². The number of hydrogen-bond acceptors (Lipinski definition) is 3. The van der Waals surface area contributed by atoms with Gasteiger partial charge in [-0.25, -0.2) is 4.79 Å². The highest BCUT2D eigenvalue weighted by atomic mass is 16.4. The molecule has 0 amide bonds. The van der Waals surface area contributed by atoms with Gasteiger partial charge in [-0.2, -0.15) is 0 Å². The van der Waals surface area contributed by atoms with Crippen LogP contribution in [-0.2, 0) is 0 Å². The lowest BCUT2D eigenvalue weighted by Crippen LogP contribution is -2.23. The van der Waals surface area contributed by atoms with Crippen molar-refractivity contribution in [2.75, 3.05) is 18.0 Å². The second-order valence-electron chi connectivity index (χ2n) is 4.40. The third kappa shape index (κ3) is 3.62. The highest BCUT2D eigenvalue weighted by Gasteiger charge is 2.11. The first kappa shape index (κ1) is 13.8. The van der Waals surface area contributed by atoms with Crippen LogP contribution in [0.15, 0.2) is 21.3 Å². The summed E-state index contributed by atoms with van der Waals surface area (Å²) in [6.07, 6.45) is 2.14. The SMILES string of the molecule is CCC[C@@H](C)c1cc(N(CC)CC)cc(=O)o1. The van der Waals surface area contributed by atoms with Crippen molar-refractivity contribution in [3.8, 4) is 0 Å². The van der Waals surface area contributed by atoms with Crippen molar-refractivity contribution < 1.29 is 4.42 Å². The molecule has 0 fully saturated rings. The largest absolute Gasteiger partial charge is 0.427 e. The van der Waals surface area contributed by atoms with Gasteiger partial charge in [0, 0.05) is 36.8 Å². The normalized spacial score (nSPS) is 12.5. The van der Waals surface area contributed by atoms with Crippen molar-refractivity contribution in [1.29, 1.82) is 0 Å².